The summed E-state index contributed by atoms with van der Waals surface area (Å²) in [7, 11) is 0. The fraction of sp³-hybridized carbons (Fsp3) is 0.417. The van der Waals surface area contributed by atoms with E-state index >= 15 is 0 Å². The quantitative estimate of drug-likeness (QED) is 0.650. The van der Waals surface area contributed by atoms with E-state index in [9.17, 15) is 5.11 Å². The second-order valence-corrected chi connectivity index (χ2v) is 4.68. The monoisotopic (exact) mass is 261 g/mol. The average molecular weight is 261 g/mol. The molecular formula is C12H15N5O2. The van der Waals surface area contributed by atoms with E-state index < -0.39 is 6.10 Å². The van der Waals surface area contributed by atoms with Gasteiger partial charge in [-0.25, -0.2) is 15.0 Å². The second-order valence-electron chi connectivity index (χ2n) is 4.68. The predicted molar refractivity (Wildman–Crippen MR) is 69.1 cm³/mol. The third-order valence-corrected chi connectivity index (χ3v) is 3.51. The number of allylic oxidation sites excluding steroid dienone is 1. The molecule has 1 aliphatic carbocycles. The molecular weight excluding hydrogens is 246 g/mol. The van der Waals surface area contributed by atoms with Gasteiger partial charge in [0.2, 0.25) is 0 Å². The topological polar surface area (TPSA) is 110 Å². The van der Waals surface area contributed by atoms with Crippen molar-refractivity contribution in [2.45, 2.75) is 18.6 Å². The number of fused-ring (bicyclic) bond motifs is 1. The van der Waals surface area contributed by atoms with E-state index in [1.54, 1.807) is 6.33 Å². The van der Waals surface area contributed by atoms with Gasteiger partial charge < -0.3 is 20.5 Å². The van der Waals surface area contributed by atoms with Crippen LogP contribution in [0.15, 0.2) is 24.8 Å². The van der Waals surface area contributed by atoms with Crippen LogP contribution in [0.1, 0.15) is 12.5 Å². The molecule has 7 nitrogen and oxygen atoms in total. The number of aliphatic hydroxyl groups excluding tert-OH is 2. The fourth-order valence-corrected chi connectivity index (χ4v) is 2.40. The van der Waals surface area contributed by atoms with Gasteiger partial charge in [-0.1, -0.05) is 12.2 Å². The molecule has 2 aromatic rings. The van der Waals surface area contributed by atoms with Crippen molar-refractivity contribution in [2.24, 2.45) is 5.92 Å². The molecule has 4 N–H and O–H groups in total. The molecule has 19 heavy (non-hydrogen) atoms. The average Bonchev–Trinajstić information content (AvgIpc) is 2.84. The zero-order valence-corrected chi connectivity index (χ0v) is 10.2. The molecule has 0 aliphatic heterocycles. The molecule has 0 radical (unpaired) electrons. The molecule has 7 heteroatoms. The Labute approximate surface area is 109 Å². The minimum Gasteiger partial charge on any atom is -0.396 e. The van der Waals surface area contributed by atoms with Crippen molar-refractivity contribution in [2.75, 3.05) is 12.3 Å². The van der Waals surface area contributed by atoms with Crippen molar-refractivity contribution in [1.29, 1.82) is 0 Å². The van der Waals surface area contributed by atoms with Crippen LogP contribution >= 0.6 is 0 Å². The summed E-state index contributed by atoms with van der Waals surface area (Å²) in [6.07, 6.45) is 6.77. The van der Waals surface area contributed by atoms with Gasteiger partial charge in [0.25, 0.3) is 0 Å². The molecule has 0 fully saturated rings. The first kappa shape index (κ1) is 12.1. The standard InChI is InChI=1S/C12H15N5O2/c13-11-10-12(15-5-14-11)17(6-16-10)8-2-1-7(4-18)9(19)3-8/h1-2,5-9,18-19H,3-4H2,(H2,13,14,15)/t7-,8+,9?/m0/s1. The zero-order valence-electron chi connectivity index (χ0n) is 10.2. The SMILES string of the molecule is Nc1ncnc2c1ncn2[C@@H]1C=C[C@@H](CO)C(O)C1. The third-order valence-electron chi connectivity index (χ3n) is 3.51. The van der Waals surface area contributed by atoms with E-state index in [4.69, 9.17) is 10.8 Å². The second kappa shape index (κ2) is 4.60. The Morgan fingerprint density at radius 1 is 1.32 bits per heavy atom. The Morgan fingerprint density at radius 3 is 2.89 bits per heavy atom. The molecule has 3 rings (SSSR count). The number of anilines is 1. The Kier molecular flexibility index (Phi) is 2.92. The van der Waals surface area contributed by atoms with Gasteiger partial charge in [-0.15, -0.1) is 0 Å². The normalized spacial score (nSPS) is 26.9. The fourth-order valence-electron chi connectivity index (χ4n) is 2.40. The van der Waals surface area contributed by atoms with Crippen LogP contribution in [-0.2, 0) is 0 Å². The number of nitrogens with zero attached hydrogens (tertiary/aromatic N) is 4. The van der Waals surface area contributed by atoms with Crippen molar-refractivity contribution in [1.82, 2.24) is 19.5 Å². The highest BCUT2D eigenvalue weighted by Crippen LogP contribution is 2.29. The van der Waals surface area contributed by atoms with Crippen LogP contribution in [0.2, 0.25) is 0 Å². The van der Waals surface area contributed by atoms with E-state index in [0.29, 0.717) is 23.4 Å². The van der Waals surface area contributed by atoms with E-state index in [1.165, 1.54) is 6.33 Å². The number of aliphatic hydroxyl groups is 2. The van der Waals surface area contributed by atoms with Crippen LogP contribution < -0.4 is 5.73 Å². The highest BCUT2D eigenvalue weighted by Gasteiger charge is 2.26. The Balaban J connectivity index is 2.00. The molecule has 0 saturated heterocycles. The summed E-state index contributed by atoms with van der Waals surface area (Å²) >= 11 is 0. The highest BCUT2D eigenvalue weighted by molar-refractivity contribution is 5.81. The number of aromatic nitrogens is 4. The lowest BCUT2D eigenvalue weighted by atomic mass is 9.90. The molecule has 0 aromatic carbocycles. The predicted octanol–water partition coefficient (Wildman–Crippen LogP) is -0.121. The number of rotatable bonds is 2. The van der Waals surface area contributed by atoms with Gasteiger partial charge in [0.05, 0.1) is 25.1 Å². The van der Waals surface area contributed by atoms with Crippen LogP contribution in [0.4, 0.5) is 5.82 Å². The number of hydrogen-bond donors (Lipinski definition) is 3. The molecule has 2 aromatic heterocycles. The molecule has 2 heterocycles. The van der Waals surface area contributed by atoms with Gasteiger partial charge in [-0.3, -0.25) is 0 Å². The largest absolute Gasteiger partial charge is 0.396 e. The lowest BCUT2D eigenvalue weighted by molar-refractivity contribution is 0.0702. The first-order chi connectivity index (χ1) is 9.20. The first-order valence-corrected chi connectivity index (χ1v) is 6.11. The zero-order chi connectivity index (χ0) is 13.4. The summed E-state index contributed by atoms with van der Waals surface area (Å²) in [5.74, 6) is 0.142. The Bertz CT molecular complexity index is 624. The third kappa shape index (κ3) is 1.96. The summed E-state index contributed by atoms with van der Waals surface area (Å²) in [5, 5.41) is 19.1. The van der Waals surface area contributed by atoms with Gasteiger partial charge >= 0.3 is 0 Å². The van der Waals surface area contributed by atoms with Crippen LogP contribution in [0.3, 0.4) is 0 Å². The summed E-state index contributed by atoms with van der Waals surface area (Å²) in [6.45, 7) is -0.0514. The van der Waals surface area contributed by atoms with Gasteiger partial charge in [0, 0.05) is 5.92 Å². The van der Waals surface area contributed by atoms with Crippen LogP contribution in [0.25, 0.3) is 11.2 Å². The maximum atomic E-state index is 9.96. The minimum atomic E-state index is -0.573. The van der Waals surface area contributed by atoms with Crippen LogP contribution in [0.5, 0.6) is 0 Å². The first-order valence-electron chi connectivity index (χ1n) is 6.11. The summed E-state index contributed by atoms with van der Waals surface area (Å²) < 4.78 is 1.86. The van der Waals surface area contributed by atoms with E-state index in [0.717, 1.165) is 0 Å². The molecule has 1 unspecified atom stereocenters. The summed E-state index contributed by atoms with van der Waals surface area (Å²) in [6, 6.07) is -0.0444. The molecule has 1 aliphatic rings. The molecule has 0 saturated carbocycles. The van der Waals surface area contributed by atoms with Crippen molar-refractivity contribution < 1.29 is 10.2 Å². The molecule has 0 amide bonds. The van der Waals surface area contributed by atoms with Crippen molar-refractivity contribution in [3.63, 3.8) is 0 Å². The molecule has 100 valence electrons. The number of nitrogens with two attached hydrogens (primary N) is 1. The van der Waals surface area contributed by atoms with Crippen molar-refractivity contribution >= 4 is 17.0 Å². The number of nitrogen functional groups attached to an aromatic ring is 1. The number of imidazole rings is 1. The van der Waals surface area contributed by atoms with Gasteiger partial charge in [-0.05, 0) is 6.42 Å². The molecule has 0 spiro atoms. The van der Waals surface area contributed by atoms with E-state index in [1.807, 2.05) is 16.7 Å². The highest BCUT2D eigenvalue weighted by atomic mass is 16.3. The lowest BCUT2D eigenvalue weighted by Crippen LogP contribution is -2.29. The van der Waals surface area contributed by atoms with Crippen molar-refractivity contribution in [3.05, 3.63) is 24.8 Å². The van der Waals surface area contributed by atoms with Gasteiger partial charge in [0.1, 0.15) is 11.8 Å². The Morgan fingerprint density at radius 2 is 2.16 bits per heavy atom. The Hall–Kier alpha value is -1.99. The molecule has 3 atom stereocenters. The maximum absolute atomic E-state index is 9.96. The lowest BCUT2D eigenvalue weighted by Gasteiger charge is -2.27. The number of hydrogen-bond acceptors (Lipinski definition) is 6. The maximum Gasteiger partial charge on any atom is 0.165 e. The van der Waals surface area contributed by atoms with Crippen LogP contribution in [0, 0.1) is 5.92 Å². The smallest absolute Gasteiger partial charge is 0.165 e. The van der Waals surface area contributed by atoms with Gasteiger partial charge in [-0.2, -0.15) is 0 Å². The van der Waals surface area contributed by atoms with E-state index in [2.05, 4.69) is 15.0 Å². The summed E-state index contributed by atoms with van der Waals surface area (Å²) in [5.41, 5.74) is 6.96. The minimum absolute atomic E-state index is 0.0444. The van der Waals surface area contributed by atoms with Crippen molar-refractivity contribution in [3.8, 4) is 0 Å². The summed E-state index contributed by atoms with van der Waals surface area (Å²) in [4.78, 5) is 12.3. The van der Waals surface area contributed by atoms with Gasteiger partial charge in [0.15, 0.2) is 11.5 Å². The van der Waals surface area contributed by atoms with Crippen LogP contribution in [-0.4, -0.2) is 42.4 Å². The van der Waals surface area contributed by atoms with E-state index in [-0.39, 0.29) is 18.6 Å². The molecule has 0 bridgehead atoms.